The van der Waals surface area contributed by atoms with Crippen LogP contribution in [-0.4, -0.2) is 41.0 Å². The van der Waals surface area contributed by atoms with Crippen molar-refractivity contribution in [1.29, 1.82) is 0 Å². The number of rotatable bonds is 4. The summed E-state index contributed by atoms with van der Waals surface area (Å²) in [7, 11) is 1.50. The van der Waals surface area contributed by atoms with Gasteiger partial charge in [-0.05, 0) is 25.0 Å². The molecule has 1 aliphatic rings. The van der Waals surface area contributed by atoms with Crippen molar-refractivity contribution in [1.82, 2.24) is 15.6 Å². The highest BCUT2D eigenvalue weighted by atomic mass is 16.4. The minimum atomic E-state index is -0.870. The Morgan fingerprint density at radius 2 is 1.87 bits per heavy atom. The van der Waals surface area contributed by atoms with Crippen molar-refractivity contribution >= 4 is 17.8 Å². The third kappa shape index (κ3) is 4.28. The molecule has 2 amide bonds. The first-order chi connectivity index (χ1) is 11.0. The van der Waals surface area contributed by atoms with Crippen LogP contribution in [0, 0.1) is 5.92 Å². The molecule has 1 heterocycles. The van der Waals surface area contributed by atoms with Crippen LogP contribution >= 0.6 is 0 Å². The Labute approximate surface area is 134 Å². The van der Waals surface area contributed by atoms with Gasteiger partial charge in [0, 0.05) is 19.3 Å². The Morgan fingerprint density at radius 3 is 2.48 bits per heavy atom. The zero-order chi connectivity index (χ0) is 16.8. The first kappa shape index (κ1) is 16.9. The van der Waals surface area contributed by atoms with Gasteiger partial charge in [-0.2, -0.15) is 0 Å². The summed E-state index contributed by atoms with van der Waals surface area (Å²) in [6.07, 6.45) is 5.32. The van der Waals surface area contributed by atoms with Crippen LogP contribution in [0.5, 0.6) is 0 Å². The number of hydrogen-bond donors (Lipinski definition) is 3. The third-order valence-electron chi connectivity index (χ3n) is 4.14. The minimum absolute atomic E-state index is 0.224. The van der Waals surface area contributed by atoms with E-state index in [0.717, 1.165) is 19.3 Å². The van der Waals surface area contributed by atoms with Crippen molar-refractivity contribution in [2.45, 2.75) is 38.1 Å². The van der Waals surface area contributed by atoms with Crippen molar-refractivity contribution in [3.8, 4) is 0 Å². The molecule has 7 nitrogen and oxygen atoms in total. The number of nitrogens with one attached hydrogen (secondary N) is 2. The SMILES string of the molecule is CNC(=O)c1ccc(C(=O)N[C@H]2CCCCC[C@H]2C(=O)O)cn1. The molecular formula is C16H21N3O4. The Kier molecular flexibility index (Phi) is 5.67. The van der Waals surface area contributed by atoms with E-state index in [1.807, 2.05) is 0 Å². The summed E-state index contributed by atoms with van der Waals surface area (Å²) in [6, 6.07) is 2.61. The molecule has 0 unspecified atom stereocenters. The van der Waals surface area contributed by atoms with Crippen molar-refractivity contribution in [2.75, 3.05) is 7.05 Å². The largest absolute Gasteiger partial charge is 0.481 e. The van der Waals surface area contributed by atoms with E-state index in [4.69, 9.17) is 0 Å². The Bertz CT molecular complexity index is 585. The van der Waals surface area contributed by atoms with Gasteiger partial charge in [-0.1, -0.05) is 19.3 Å². The Morgan fingerprint density at radius 1 is 1.13 bits per heavy atom. The molecule has 1 saturated carbocycles. The summed E-state index contributed by atoms with van der Waals surface area (Å²) in [5.41, 5.74) is 0.535. The van der Waals surface area contributed by atoms with E-state index in [-0.39, 0.29) is 23.6 Å². The van der Waals surface area contributed by atoms with Gasteiger partial charge in [0.2, 0.25) is 0 Å². The lowest BCUT2D eigenvalue weighted by molar-refractivity contribution is -0.142. The molecule has 3 N–H and O–H groups in total. The predicted octanol–water partition coefficient (Wildman–Crippen LogP) is 1.20. The summed E-state index contributed by atoms with van der Waals surface area (Å²) < 4.78 is 0. The highest BCUT2D eigenvalue weighted by molar-refractivity contribution is 5.96. The molecule has 0 bridgehead atoms. The standard InChI is InChI=1S/C16H21N3O4/c1-17-15(21)13-8-7-10(9-18-13)14(20)19-12-6-4-2-3-5-11(12)16(22)23/h7-9,11-12H,2-6H2,1H3,(H,17,21)(H,19,20)(H,22,23)/t11-,12+/m1/s1. The molecule has 0 radical (unpaired) electrons. The van der Waals surface area contributed by atoms with E-state index in [1.54, 1.807) is 0 Å². The summed E-state index contributed by atoms with van der Waals surface area (Å²) in [6.45, 7) is 0. The number of hydrogen-bond acceptors (Lipinski definition) is 4. The molecular weight excluding hydrogens is 298 g/mol. The lowest BCUT2D eigenvalue weighted by Crippen LogP contribution is -2.42. The maximum absolute atomic E-state index is 12.3. The minimum Gasteiger partial charge on any atom is -0.481 e. The zero-order valence-corrected chi connectivity index (χ0v) is 13.0. The van der Waals surface area contributed by atoms with E-state index in [0.29, 0.717) is 18.4 Å². The summed E-state index contributed by atoms with van der Waals surface area (Å²) in [5.74, 6) is -2.12. The molecule has 0 aromatic carbocycles. The van der Waals surface area contributed by atoms with Crippen LogP contribution < -0.4 is 10.6 Å². The van der Waals surface area contributed by atoms with Gasteiger partial charge in [0.15, 0.2) is 0 Å². The van der Waals surface area contributed by atoms with E-state index < -0.39 is 11.9 Å². The van der Waals surface area contributed by atoms with Gasteiger partial charge in [-0.15, -0.1) is 0 Å². The first-order valence-electron chi connectivity index (χ1n) is 7.74. The van der Waals surface area contributed by atoms with Crippen molar-refractivity contribution in [3.05, 3.63) is 29.6 Å². The molecule has 1 fully saturated rings. The van der Waals surface area contributed by atoms with Crippen LogP contribution in [0.4, 0.5) is 0 Å². The molecule has 1 aromatic rings. The molecule has 2 atom stereocenters. The van der Waals surface area contributed by atoms with E-state index in [9.17, 15) is 19.5 Å². The predicted molar refractivity (Wildman–Crippen MR) is 83.1 cm³/mol. The lowest BCUT2D eigenvalue weighted by atomic mass is 9.94. The van der Waals surface area contributed by atoms with E-state index in [2.05, 4.69) is 15.6 Å². The fourth-order valence-electron chi connectivity index (χ4n) is 2.82. The third-order valence-corrected chi connectivity index (χ3v) is 4.14. The second kappa shape index (κ2) is 7.71. The number of pyridine rings is 1. The number of carbonyl (C=O) groups is 3. The van der Waals surface area contributed by atoms with Gasteiger partial charge in [0.1, 0.15) is 5.69 Å². The topological polar surface area (TPSA) is 108 Å². The molecule has 0 saturated heterocycles. The number of nitrogens with zero attached hydrogens (tertiary/aromatic N) is 1. The molecule has 2 rings (SSSR count). The highest BCUT2D eigenvalue weighted by Gasteiger charge is 2.30. The fraction of sp³-hybridized carbons (Fsp3) is 0.500. The number of carboxylic acid groups (broad SMARTS) is 1. The molecule has 124 valence electrons. The quantitative estimate of drug-likeness (QED) is 0.723. The molecule has 1 aromatic heterocycles. The molecule has 23 heavy (non-hydrogen) atoms. The van der Waals surface area contributed by atoms with E-state index in [1.165, 1.54) is 25.4 Å². The Hall–Kier alpha value is -2.44. The van der Waals surface area contributed by atoms with Gasteiger partial charge in [0.25, 0.3) is 11.8 Å². The zero-order valence-electron chi connectivity index (χ0n) is 13.0. The van der Waals surface area contributed by atoms with Gasteiger partial charge in [0.05, 0.1) is 11.5 Å². The molecule has 0 aliphatic heterocycles. The maximum Gasteiger partial charge on any atom is 0.308 e. The average Bonchev–Trinajstić information content (AvgIpc) is 2.79. The van der Waals surface area contributed by atoms with Crippen molar-refractivity contribution < 1.29 is 19.5 Å². The summed E-state index contributed by atoms with van der Waals surface area (Å²) in [5, 5.41) is 14.6. The normalized spacial score (nSPS) is 21.1. The van der Waals surface area contributed by atoms with Crippen molar-refractivity contribution in [2.24, 2.45) is 5.92 Å². The van der Waals surface area contributed by atoms with Gasteiger partial charge >= 0.3 is 5.97 Å². The van der Waals surface area contributed by atoms with Gasteiger partial charge in [-0.25, -0.2) is 0 Å². The molecule has 1 aliphatic carbocycles. The number of aromatic nitrogens is 1. The van der Waals surface area contributed by atoms with Crippen LogP contribution in [0.3, 0.4) is 0 Å². The molecule has 7 heteroatoms. The van der Waals surface area contributed by atoms with Crippen LogP contribution in [0.15, 0.2) is 18.3 Å². The number of carbonyl (C=O) groups excluding carboxylic acids is 2. The van der Waals surface area contributed by atoms with Crippen LogP contribution in [0.1, 0.15) is 53.0 Å². The monoisotopic (exact) mass is 319 g/mol. The lowest BCUT2D eigenvalue weighted by Gasteiger charge is -2.22. The number of aliphatic carboxylic acids is 1. The summed E-state index contributed by atoms with van der Waals surface area (Å²) in [4.78, 5) is 39.1. The van der Waals surface area contributed by atoms with Crippen LogP contribution in [0.2, 0.25) is 0 Å². The fourth-order valence-corrected chi connectivity index (χ4v) is 2.82. The second-order valence-electron chi connectivity index (χ2n) is 5.67. The Balaban J connectivity index is 2.07. The molecule has 0 spiro atoms. The number of amides is 2. The van der Waals surface area contributed by atoms with Crippen LogP contribution in [0.25, 0.3) is 0 Å². The van der Waals surface area contributed by atoms with Gasteiger partial charge < -0.3 is 15.7 Å². The van der Waals surface area contributed by atoms with Crippen molar-refractivity contribution in [3.63, 3.8) is 0 Å². The second-order valence-corrected chi connectivity index (χ2v) is 5.67. The average molecular weight is 319 g/mol. The highest BCUT2D eigenvalue weighted by Crippen LogP contribution is 2.24. The number of carboxylic acids is 1. The van der Waals surface area contributed by atoms with E-state index >= 15 is 0 Å². The first-order valence-corrected chi connectivity index (χ1v) is 7.74. The van der Waals surface area contributed by atoms with Gasteiger partial charge in [-0.3, -0.25) is 19.4 Å². The summed E-state index contributed by atoms with van der Waals surface area (Å²) >= 11 is 0. The van der Waals surface area contributed by atoms with Crippen LogP contribution in [-0.2, 0) is 4.79 Å². The smallest absolute Gasteiger partial charge is 0.308 e. The maximum atomic E-state index is 12.3.